The van der Waals surface area contributed by atoms with Crippen molar-refractivity contribution in [1.82, 2.24) is 9.78 Å². The van der Waals surface area contributed by atoms with Crippen LogP contribution in [0.25, 0.3) is 0 Å². The Morgan fingerprint density at radius 3 is 2.67 bits per heavy atom. The summed E-state index contributed by atoms with van der Waals surface area (Å²) in [5.41, 5.74) is 11.2. The van der Waals surface area contributed by atoms with E-state index in [4.69, 9.17) is 5.73 Å². The smallest absolute Gasteiger partial charge is 0.0640 e. The molecule has 0 fully saturated rings. The lowest BCUT2D eigenvalue weighted by atomic mass is 9.97. The Bertz CT molecular complexity index is 528. The lowest BCUT2D eigenvalue weighted by molar-refractivity contribution is 0.637. The standard InChI is InChI=1S/C15H21N3/c1-11-4-5-12(2)13(8-11)9-14(16)10-15-6-7-18(3)17-15/h4-8,14H,9-10,16H2,1-3H3. The molecule has 0 amide bonds. The highest BCUT2D eigenvalue weighted by Gasteiger charge is 2.09. The van der Waals surface area contributed by atoms with Gasteiger partial charge in [0.1, 0.15) is 0 Å². The quantitative estimate of drug-likeness (QED) is 0.894. The second-order valence-electron chi connectivity index (χ2n) is 5.08. The van der Waals surface area contributed by atoms with Crippen molar-refractivity contribution in [3.05, 3.63) is 52.8 Å². The first-order valence-electron chi connectivity index (χ1n) is 6.35. The summed E-state index contributed by atoms with van der Waals surface area (Å²) in [6.45, 7) is 4.26. The minimum absolute atomic E-state index is 0.125. The van der Waals surface area contributed by atoms with Crippen molar-refractivity contribution in [3.63, 3.8) is 0 Å². The van der Waals surface area contributed by atoms with E-state index in [0.29, 0.717) is 0 Å². The molecule has 96 valence electrons. The number of nitrogens with two attached hydrogens (primary N) is 1. The summed E-state index contributed by atoms with van der Waals surface area (Å²) < 4.78 is 1.82. The molecule has 1 heterocycles. The van der Waals surface area contributed by atoms with Gasteiger partial charge in [-0.1, -0.05) is 23.8 Å². The van der Waals surface area contributed by atoms with Gasteiger partial charge < -0.3 is 5.73 Å². The molecule has 3 nitrogen and oxygen atoms in total. The minimum atomic E-state index is 0.125. The summed E-state index contributed by atoms with van der Waals surface area (Å²) in [6.07, 6.45) is 3.69. The second-order valence-corrected chi connectivity index (χ2v) is 5.08. The van der Waals surface area contributed by atoms with E-state index in [2.05, 4.69) is 37.1 Å². The van der Waals surface area contributed by atoms with Crippen LogP contribution < -0.4 is 5.73 Å². The van der Waals surface area contributed by atoms with Crippen LogP contribution in [0.15, 0.2) is 30.5 Å². The molecule has 0 saturated carbocycles. The van der Waals surface area contributed by atoms with E-state index in [1.54, 1.807) is 0 Å². The van der Waals surface area contributed by atoms with Gasteiger partial charge in [-0.2, -0.15) is 5.10 Å². The number of hydrogen-bond donors (Lipinski definition) is 1. The monoisotopic (exact) mass is 243 g/mol. The molecule has 1 aromatic carbocycles. The molecule has 0 saturated heterocycles. The molecule has 0 radical (unpaired) electrons. The van der Waals surface area contributed by atoms with Crippen LogP contribution >= 0.6 is 0 Å². The van der Waals surface area contributed by atoms with Crippen molar-refractivity contribution in [3.8, 4) is 0 Å². The fraction of sp³-hybridized carbons (Fsp3) is 0.400. The number of rotatable bonds is 4. The van der Waals surface area contributed by atoms with Crippen LogP contribution in [0, 0.1) is 13.8 Å². The maximum Gasteiger partial charge on any atom is 0.0640 e. The summed E-state index contributed by atoms with van der Waals surface area (Å²) in [7, 11) is 1.93. The largest absolute Gasteiger partial charge is 0.327 e. The topological polar surface area (TPSA) is 43.8 Å². The average Bonchev–Trinajstić information content (AvgIpc) is 2.69. The normalized spacial score (nSPS) is 12.7. The number of aromatic nitrogens is 2. The highest BCUT2D eigenvalue weighted by atomic mass is 15.2. The van der Waals surface area contributed by atoms with Gasteiger partial charge in [0.2, 0.25) is 0 Å². The van der Waals surface area contributed by atoms with E-state index >= 15 is 0 Å². The van der Waals surface area contributed by atoms with Gasteiger partial charge in [-0.25, -0.2) is 0 Å². The first kappa shape index (κ1) is 12.8. The lowest BCUT2D eigenvalue weighted by Gasteiger charge is -2.13. The molecule has 18 heavy (non-hydrogen) atoms. The fourth-order valence-electron chi connectivity index (χ4n) is 2.22. The highest BCUT2D eigenvalue weighted by Crippen LogP contribution is 2.13. The van der Waals surface area contributed by atoms with Gasteiger partial charge in [-0.05, 0) is 37.5 Å². The predicted octanol–water partition coefficient (Wildman–Crippen LogP) is 2.15. The molecule has 3 heteroatoms. The van der Waals surface area contributed by atoms with E-state index in [0.717, 1.165) is 18.5 Å². The molecule has 2 rings (SSSR count). The molecular formula is C15H21N3. The van der Waals surface area contributed by atoms with Gasteiger partial charge in [0, 0.05) is 25.7 Å². The molecule has 2 N–H and O–H groups in total. The fourth-order valence-corrected chi connectivity index (χ4v) is 2.22. The zero-order valence-corrected chi connectivity index (χ0v) is 11.4. The Hall–Kier alpha value is -1.61. The number of hydrogen-bond acceptors (Lipinski definition) is 2. The zero-order chi connectivity index (χ0) is 13.1. The van der Waals surface area contributed by atoms with Crippen LogP contribution in [-0.4, -0.2) is 15.8 Å². The van der Waals surface area contributed by atoms with Crippen molar-refractivity contribution >= 4 is 0 Å². The Morgan fingerprint density at radius 1 is 1.22 bits per heavy atom. The zero-order valence-electron chi connectivity index (χ0n) is 11.4. The first-order valence-corrected chi connectivity index (χ1v) is 6.35. The summed E-state index contributed by atoms with van der Waals surface area (Å²) in [6, 6.07) is 8.69. The van der Waals surface area contributed by atoms with Crippen molar-refractivity contribution in [2.45, 2.75) is 32.7 Å². The summed E-state index contributed by atoms with van der Waals surface area (Å²) in [4.78, 5) is 0. The van der Waals surface area contributed by atoms with E-state index in [1.807, 2.05) is 24.0 Å². The van der Waals surface area contributed by atoms with Crippen LogP contribution in [0.2, 0.25) is 0 Å². The molecule has 1 unspecified atom stereocenters. The maximum absolute atomic E-state index is 6.22. The maximum atomic E-state index is 6.22. The van der Waals surface area contributed by atoms with Gasteiger partial charge in [-0.3, -0.25) is 4.68 Å². The van der Waals surface area contributed by atoms with Crippen molar-refractivity contribution in [2.75, 3.05) is 0 Å². The number of nitrogens with zero attached hydrogens (tertiary/aromatic N) is 2. The predicted molar refractivity (Wildman–Crippen MR) is 74.5 cm³/mol. The second kappa shape index (κ2) is 5.36. The molecule has 1 atom stereocenters. The summed E-state index contributed by atoms with van der Waals surface area (Å²) in [5, 5.41) is 4.37. The number of aryl methyl sites for hydroxylation is 3. The molecule has 1 aromatic heterocycles. The number of benzene rings is 1. The van der Waals surface area contributed by atoms with Gasteiger partial charge >= 0.3 is 0 Å². The Balaban J connectivity index is 2.02. The summed E-state index contributed by atoms with van der Waals surface area (Å²) >= 11 is 0. The minimum Gasteiger partial charge on any atom is -0.327 e. The van der Waals surface area contributed by atoms with Crippen molar-refractivity contribution < 1.29 is 0 Å². The summed E-state index contributed by atoms with van der Waals surface area (Å²) in [5.74, 6) is 0. The molecule has 2 aromatic rings. The van der Waals surface area contributed by atoms with Crippen LogP contribution in [-0.2, 0) is 19.9 Å². The first-order chi connectivity index (χ1) is 8.54. The third kappa shape index (κ3) is 3.20. The van der Waals surface area contributed by atoms with E-state index < -0.39 is 0 Å². The van der Waals surface area contributed by atoms with Crippen LogP contribution in [0.4, 0.5) is 0 Å². The molecule has 0 aliphatic rings. The van der Waals surface area contributed by atoms with Crippen LogP contribution in [0.5, 0.6) is 0 Å². The molecular weight excluding hydrogens is 222 g/mol. The van der Waals surface area contributed by atoms with Gasteiger partial charge in [0.15, 0.2) is 0 Å². The Kier molecular flexibility index (Phi) is 3.82. The Labute approximate surface area is 109 Å². The van der Waals surface area contributed by atoms with E-state index in [9.17, 15) is 0 Å². The van der Waals surface area contributed by atoms with Crippen LogP contribution in [0.3, 0.4) is 0 Å². The molecule has 0 aliphatic carbocycles. The lowest BCUT2D eigenvalue weighted by Crippen LogP contribution is -2.26. The van der Waals surface area contributed by atoms with Gasteiger partial charge in [-0.15, -0.1) is 0 Å². The van der Waals surface area contributed by atoms with E-state index in [1.165, 1.54) is 16.7 Å². The molecule has 0 aliphatic heterocycles. The van der Waals surface area contributed by atoms with E-state index in [-0.39, 0.29) is 6.04 Å². The van der Waals surface area contributed by atoms with Crippen molar-refractivity contribution in [1.29, 1.82) is 0 Å². The average molecular weight is 243 g/mol. The van der Waals surface area contributed by atoms with Gasteiger partial charge in [0.25, 0.3) is 0 Å². The third-order valence-corrected chi connectivity index (χ3v) is 3.23. The Morgan fingerprint density at radius 2 is 2.00 bits per heavy atom. The molecule has 0 bridgehead atoms. The van der Waals surface area contributed by atoms with Crippen molar-refractivity contribution in [2.24, 2.45) is 12.8 Å². The third-order valence-electron chi connectivity index (χ3n) is 3.23. The van der Waals surface area contributed by atoms with Gasteiger partial charge in [0.05, 0.1) is 5.69 Å². The SMILES string of the molecule is Cc1ccc(C)c(CC(N)Cc2ccn(C)n2)c1. The highest BCUT2D eigenvalue weighted by molar-refractivity contribution is 5.31. The molecule has 0 spiro atoms. The van der Waals surface area contributed by atoms with Crippen LogP contribution in [0.1, 0.15) is 22.4 Å².